The number of rotatable bonds is 3. The number of aliphatic carboxylic acids is 1. The number of allylic oxidation sites excluding steroid dienone is 1. The molecule has 108 valence electrons. The van der Waals surface area contributed by atoms with Crippen molar-refractivity contribution in [2.24, 2.45) is 0 Å². The van der Waals surface area contributed by atoms with Gasteiger partial charge in [-0.3, -0.25) is 0 Å². The third-order valence-corrected chi connectivity index (χ3v) is 3.81. The summed E-state index contributed by atoms with van der Waals surface area (Å²) in [4.78, 5) is 13.0. The second kappa shape index (κ2) is 5.65. The smallest absolute Gasteiger partial charge is 0.365 e. The van der Waals surface area contributed by atoms with E-state index in [-0.39, 0.29) is 5.57 Å². The van der Waals surface area contributed by atoms with Gasteiger partial charge in [0.25, 0.3) is 0 Å². The van der Waals surface area contributed by atoms with E-state index in [9.17, 15) is 9.18 Å². The maximum absolute atomic E-state index is 13.5. The van der Waals surface area contributed by atoms with Crippen molar-refractivity contribution in [3.63, 3.8) is 0 Å². The molecule has 1 aromatic rings. The number of aryl methyl sites for hydroxylation is 1. The number of nitrogens with zero attached hydrogens (tertiary/aromatic N) is 1. The van der Waals surface area contributed by atoms with Gasteiger partial charge in [0.1, 0.15) is 0 Å². The number of fused-ring (bicyclic) bond motifs is 1. The molecule has 0 saturated carbocycles. The van der Waals surface area contributed by atoms with Gasteiger partial charge in [0.15, 0.2) is 0 Å². The molecule has 1 aromatic carbocycles. The van der Waals surface area contributed by atoms with Gasteiger partial charge in [-0.05, 0) is 62.4 Å². The quantitative estimate of drug-likeness (QED) is 0.858. The summed E-state index contributed by atoms with van der Waals surface area (Å²) in [6.07, 6.45) is 2.02. The second-order valence-electron chi connectivity index (χ2n) is 5.48. The molecule has 0 aliphatic carbocycles. The molecule has 1 aliphatic rings. The molecule has 1 heterocycles. The minimum Gasteiger partial charge on any atom is -0.476 e. The van der Waals surface area contributed by atoms with E-state index in [1.54, 1.807) is 6.07 Å². The summed E-state index contributed by atoms with van der Waals surface area (Å²) >= 11 is 0. The number of halogens is 1. The van der Waals surface area contributed by atoms with Gasteiger partial charge in [0.2, 0.25) is 5.83 Å². The Morgan fingerprint density at radius 2 is 2.10 bits per heavy atom. The average Bonchev–Trinajstić information content (AvgIpc) is 2.44. The molecule has 0 spiro atoms. The van der Waals surface area contributed by atoms with Crippen LogP contribution in [0.2, 0.25) is 0 Å². The summed E-state index contributed by atoms with van der Waals surface area (Å²) in [6, 6.07) is 6.12. The summed E-state index contributed by atoms with van der Waals surface area (Å²) in [5.74, 6) is -2.59. The minimum absolute atomic E-state index is 0.182. The Bertz CT molecular complexity index is 564. The Hall–Kier alpha value is -1.84. The molecule has 0 saturated heterocycles. The lowest BCUT2D eigenvalue weighted by Gasteiger charge is -2.35. The fourth-order valence-electron chi connectivity index (χ4n) is 2.68. The Labute approximate surface area is 118 Å². The van der Waals surface area contributed by atoms with Crippen LogP contribution in [0.5, 0.6) is 0 Å². The highest BCUT2D eigenvalue weighted by atomic mass is 19.1. The maximum Gasteiger partial charge on any atom is 0.365 e. The lowest BCUT2D eigenvalue weighted by Crippen LogP contribution is -2.35. The van der Waals surface area contributed by atoms with Crippen LogP contribution >= 0.6 is 0 Å². The SMILES string of the molecule is C/C(=C(/F)C(=O)O)c1ccc2c(c1)CCCN2C(C)C. The topological polar surface area (TPSA) is 40.5 Å². The molecule has 0 fully saturated rings. The number of hydrogen-bond donors (Lipinski definition) is 1. The minimum atomic E-state index is -1.51. The normalized spacial score (nSPS) is 15.9. The molecule has 1 N–H and O–H groups in total. The van der Waals surface area contributed by atoms with Gasteiger partial charge >= 0.3 is 5.97 Å². The Kier molecular flexibility index (Phi) is 4.12. The van der Waals surface area contributed by atoms with Crippen molar-refractivity contribution in [1.29, 1.82) is 0 Å². The Morgan fingerprint density at radius 3 is 2.70 bits per heavy atom. The van der Waals surface area contributed by atoms with E-state index in [1.807, 2.05) is 12.1 Å². The molecule has 4 heteroatoms. The molecular weight excluding hydrogens is 257 g/mol. The Balaban J connectivity index is 2.43. The van der Waals surface area contributed by atoms with Crippen molar-refractivity contribution < 1.29 is 14.3 Å². The first kappa shape index (κ1) is 14.6. The number of carboxylic acid groups (broad SMARTS) is 1. The second-order valence-corrected chi connectivity index (χ2v) is 5.48. The van der Waals surface area contributed by atoms with Gasteiger partial charge in [-0.25, -0.2) is 4.79 Å². The van der Waals surface area contributed by atoms with E-state index in [0.29, 0.717) is 11.6 Å². The maximum atomic E-state index is 13.5. The first-order valence-electron chi connectivity index (χ1n) is 6.91. The van der Waals surface area contributed by atoms with Crippen molar-refractivity contribution >= 4 is 17.2 Å². The van der Waals surface area contributed by atoms with Gasteiger partial charge in [-0.15, -0.1) is 0 Å². The van der Waals surface area contributed by atoms with Crippen LogP contribution < -0.4 is 4.90 Å². The summed E-state index contributed by atoms with van der Waals surface area (Å²) < 4.78 is 13.5. The van der Waals surface area contributed by atoms with Crippen LogP contribution in [0.3, 0.4) is 0 Å². The summed E-state index contributed by atoms with van der Waals surface area (Å²) in [7, 11) is 0. The zero-order valence-corrected chi connectivity index (χ0v) is 12.1. The van der Waals surface area contributed by atoms with E-state index in [0.717, 1.165) is 19.4 Å². The van der Waals surface area contributed by atoms with Gasteiger partial charge in [-0.2, -0.15) is 4.39 Å². The Morgan fingerprint density at radius 1 is 1.40 bits per heavy atom. The number of hydrogen-bond acceptors (Lipinski definition) is 2. The molecule has 0 amide bonds. The monoisotopic (exact) mass is 277 g/mol. The van der Waals surface area contributed by atoms with Crippen LogP contribution in [0.15, 0.2) is 24.0 Å². The fourth-order valence-corrected chi connectivity index (χ4v) is 2.68. The van der Waals surface area contributed by atoms with Crippen LogP contribution in [0.25, 0.3) is 5.57 Å². The molecule has 2 rings (SSSR count). The van der Waals surface area contributed by atoms with Crippen LogP contribution in [0.1, 0.15) is 38.3 Å². The molecule has 0 unspecified atom stereocenters. The van der Waals surface area contributed by atoms with Gasteiger partial charge in [-0.1, -0.05) is 6.07 Å². The third-order valence-electron chi connectivity index (χ3n) is 3.81. The molecular formula is C16H20FNO2. The van der Waals surface area contributed by atoms with Crippen molar-refractivity contribution in [2.45, 2.75) is 39.7 Å². The molecule has 0 aromatic heterocycles. The molecule has 3 nitrogen and oxygen atoms in total. The summed E-state index contributed by atoms with van der Waals surface area (Å²) in [6.45, 7) is 6.84. The fraction of sp³-hybridized carbons (Fsp3) is 0.438. The summed E-state index contributed by atoms with van der Waals surface area (Å²) in [5, 5.41) is 8.73. The van der Waals surface area contributed by atoms with Crippen LogP contribution in [0, 0.1) is 0 Å². The largest absolute Gasteiger partial charge is 0.476 e. The summed E-state index contributed by atoms with van der Waals surface area (Å²) in [5.41, 5.74) is 3.18. The number of benzene rings is 1. The first-order chi connectivity index (χ1) is 9.41. The predicted molar refractivity (Wildman–Crippen MR) is 78.6 cm³/mol. The first-order valence-corrected chi connectivity index (χ1v) is 6.91. The highest BCUT2D eigenvalue weighted by molar-refractivity contribution is 5.93. The molecule has 0 radical (unpaired) electrons. The standard InChI is InChI=1S/C16H20FNO2/c1-10(2)18-8-4-5-13-9-12(6-7-14(13)18)11(3)15(17)16(19)20/h6-7,9-10H,4-5,8H2,1-3H3,(H,19,20)/b15-11-. The highest BCUT2D eigenvalue weighted by Crippen LogP contribution is 2.32. The van der Waals surface area contributed by atoms with Gasteiger partial charge < -0.3 is 10.0 Å². The molecule has 1 aliphatic heterocycles. The third kappa shape index (κ3) is 2.69. The van der Waals surface area contributed by atoms with Crippen molar-refractivity contribution in [2.75, 3.05) is 11.4 Å². The van der Waals surface area contributed by atoms with E-state index >= 15 is 0 Å². The predicted octanol–water partition coefficient (Wildman–Crippen LogP) is 3.63. The van der Waals surface area contributed by atoms with E-state index in [1.165, 1.54) is 18.2 Å². The van der Waals surface area contributed by atoms with Crippen molar-refractivity contribution in [3.8, 4) is 0 Å². The van der Waals surface area contributed by atoms with Crippen LogP contribution in [-0.2, 0) is 11.2 Å². The van der Waals surface area contributed by atoms with E-state index < -0.39 is 11.8 Å². The van der Waals surface area contributed by atoms with Gasteiger partial charge in [0, 0.05) is 18.3 Å². The van der Waals surface area contributed by atoms with Crippen LogP contribution in [-0.4, -0.2) is 23.7 Å². The van der Waals surface area contributed by atoms with E-state index in [2.05, 4.69) is 18.7 Å². The molecule has 0 bridgehead atoms. The molecule has 0 atom stereocenters. The van der Waals surface area contributed by atoms with Crippen molar-refractivity contribution in [1.82, 2.24) is 0 Å². The van der Waals surface area contributed by atoms with Gasteiger partial charge in [0.05, 0.1) is 0 Å². The lowest BCUT2D eigenvalue weighted by atomic mass is 9.95. The highest BCUT2D eigenvalue weighted by Gasteiger charge is 2.20. The van der Waals surface area contributed by atoms with E-state index in [4.69, 9.17) is 5.11 Å². The van der Waals surface area contributed by atoms with Crippen LogP contribution in [0.4, 0.5) is 10.1 Å². The number of carboxylic acids is 1. The lowest BCUT2D eigenvalue weighted by molar-refractivity contribution is -0.134. The number of anilines is 1. The van der Waals surface area contributed by atoms with Crippen molar-refractivity contribution in [3.05, 3.63) is 35.2 Å². The molecule has 20 heavy (non-hydrogen) atoms. The zero-order chi connectivity index (χ0) is 14.9. The average molecular weight is 277 g/mol. The zero-order valence-electron chi connectivity index (χ0n) is 12.1. The number of carbonyl (C=O) groups is 1.